The molecule has 0 spiro atoms. The molecule has 0 N–H and O–H groups in total. The summed E-state index contributed by atoms with van der Waals surface area (Å²) in [6.07, 6.45) is 0.871. The Balaban J connectivity index is 1.97. The van der Waals surface area contributed by atoms with Crippen LogP contribution in [0.4, 0.5) is 0 Å². The van der Waals surface area contributed by atoms with Crippen molar-refractivity contribution in [1.29, 1.82) is 5.26 Å². The fraction of sp³-hybridized carbons (Fsp3) is 0.158. The van der Waals surface area contributed by atoms with E-state index in [1.165, 1.54) is 6.07 Å². The summed E-state index contributed by atoms with van der Waals surface area (Å²) in [6.45, 7) is 2.25. The molecule has 0 aliphatic carbocycles. The van der Waals surface area contributed by atoms with Gasteiger partial charge in [-0.2, -0.15) is 5.26 Å². The molecule has 0 amide bonds. The quantitative estimate of drug-likeness (QED) is 0.688. The largest absolute Gasteiger partial charge is 0.487 e. The maximum Gasteiger partial charge on any atom is 0.336 e. The average molecular weight is 305 g/mol. The van der Waals surface area contributed by atoms with Crippen molar-refractivity contribution in [2.24, 2.45) is 0 Å². The van der Waals surface area contributed by atoms with Crippen molar-refractivity contribution in [2.75, 3.05) is 0 Å². The predicted molar refractivity (Wildman–Crippen MR) is 87.4 cm³/mol. The van der Waals surface area contributed by atoms with Gasteiger partial charge >= 0.3 is 5.63 Å². The molecule has 23 heavy (non-hydrogen) atoms. The molecule has 0 radical (unpaired) electrons. The molecule has 114 valence electrons. The topological polar surface area (TPSA) is 63.2 Å². The maximum atomic E-state index is 11.8. The van der Waals surface area contributed by atoms with Crippen molar-refractivity contribution in [3.8, 4) is 11.8 Å². The summed E-state index contributed by atoms with van der Waals surface area (Å²) >= 11 is 0. The zero-order valence-electron chi connectivity index (χ0n) is 12.7. The predicted octanol–water partition coefficient (Wildman–Crippen LogP) is 3.81. The first-order valence-electron chi connectivity index (χ1n) is 7.39. The number of para-hydroxylation sites is 1. The zero-order valence-corrected chi connectivity index (χ0v) is 12.7. The van der Waals surface area contributed by atoms with Crippen molar-refractivity contribution < 1.29 is 9.15 Å². The molecule has 3 rings (SSSR count). The van der Waals surface area contributed by atoms with Gasteiger partial charge < -0.3 is 9.15 Å². The van der Waals surface area contributed by atoms with Crippen LogP contribution in [-0.4, -0.2) is 0 Å². The summed E-state index contributed by atoms with van der Waals surface area (Å²) in [5, 5.41) is 9.94. The van der Waals surface area contributed by atoms with Crippen LogP contribution in [0.15, 0.2) is 57.7 Å². The van der Waals surface area contributed by atoms with E-state index in [-0.39, 0.29) is 6.61 Å². The number of ether oxygens (including phenoxy) is 1. The fourth-order valence-electron chi connectivity index (χ4n) is 2.45. The molecule has 1 aromatic heterocycles. The molecule has 0 saturated carbocycles. The molecule has 4 nitrogen and oxygen atoms in total. The van der Waals surface area contributed by atoms with Crippen molar-refractivity contribution in [1.82, 2.24) is 0 Å². The second-order valence-corrected chi connectivity index (χ2v) is 5.17. The molecule has 4 heteroatoms. The fourth-order valence-corrected chi connectivity index (χ4v) is 2.45. The van der Waals surface area contributed by atoms with Gasteiger partial charge in [0.05, 0.1) is 5.56 Å². The number of benzene rings is 2. The lowest BCUT2D eigenvalue weighted by molar-refractivity contribution is 0.305. The van der Waals surface area contributed by atoms with Crippen LogP contribution in [0.5, 0.6) is 5.75 Å². The van der Waals surface area contributed by atoms with E-state index in [1.54, 1.807) is 24.3 Å². The summed E-state index contributed by atoms with van der Waals surface area (Å²) < 4.78 is 11.0. The molecule has 0 atom stereocenters. The van der Waals surface area contributed by atoms with Crippen LogP contribution in [0.2, 0.25) is 0 Å². The van der Waals surface area contributed by atoms with E-state index < -0.39 is 5.63 Å². The minimum Gasteiger partial charge on any atom is -0.487 e. The van der Waals surface area contributed by atoms with Crippen LogP contribution in [0.1, 0.15) is 23.6 Å². The summed E-state index contributed by atoms with van der Waals surface area (Å²) in [5.74, 6) is 0.501. The third-order valence-electron chi connectivity index (χ3n) is 3.69. The molecule has 0 saturated heterocycles. The van der Waals surface area contributed by atoms with E-state index >= 15 is 0 Å². The SMILES string of the molecule is CCc1ccc2c(COc3ccccc3C#N)cc(=O)oc2c1. The number of hydrogen-bond acceptors (Lipinski definition) is 4. The summed E-state index contributed by atoms with van der Waals surface area (Å²) in [7, 11) is 0. The van der Waals surface area contributed by atoms with Gasteiger partial charge in [0.15, 0.2) is 0 Å². The van der Waals surface area contributed by atoms with E-state index in [0.29, 0.717) is 16.9 Å². The second-order valence-electron chi connectivity index (χ2n) is 5.17. The highest BCUT2D eigenvalue weighted by Crippen LogP contribution is 2.22. The number of fused-ring (bicyclic) bond motifs is 1. The highest BCUT2D eigenvalue weighted by Gasteiger charge is 2.08. The third-order valence-corrected chi connectivity index (χ3v) is 3.69. The van der Waals surface area contributed by atoms with E-state index in [2.05, 4.69) is 6.07 Å². The van der Waals surface area contributed by atoms with Crippen LogP contribution >= 0.6 is 0 Å². The minimum absolute atomic E-state index is 0.201. The molecular formula is C19H15NO3. The normalized spacial score (nSPS) is 10.4. The Kier molecular flexibility index (Phi) is 4.11. The van der Waals surface area contributed by atoms with Crippen molar-refractivity contribution in [2.45, 2.75) is 20.0 Å². The van der Waals surface area contributed by atoms with Gasteiger partial charge in [-0.1, -0.05) is 31.2 Å². The van der Waals surface area contributed by atoms with Gasteiger partial charge in [0.25, 0.3) is 0 Å². The molecular weight excluding hydrogens is 290 g/mol. The zero-order chi connectivity index (χ0) is 16.2. The van der Waals surface area contributed by atoms with E-state index in [9.17, 15) is 4.79 Å². The number of rotatable bonds is 4. The van der Waals surface area contributed by atoms with Crippen LogP contribution in [0, 0.1) is 11.3 Å². The summed E-state index contributed by atoms with van der Waals surface area (Å²) in [5.41, 5.74) is 2.47. The molecule has 0 fully saturated rings. The monoisotopic (exact) mass is 305 g/mol. The van der Waals surface area contributed by atoms with Crippen LogP contribution in [0.25, 0.3) is 11.0 Å². The Hall–Kier alpha value is -3.06. The van der Waals surface area contributed by atoms with Crippen LogP contribution < -0.4 is 10.4 Å². The maximum absolute atomic E-state index is 11.8. The van der Waals surface area contributed by atoms with Gasteiger partial charge in [0, 0.05) is 17.0 Å². The molecule has 1 heterocycles. The van der Waals surface area contributed by atoms with Crippen LogP contribution in [-0.2, 0) is 13.0 Å². The Labute approximate surface area is 133 Å². The average Bonchev–Trinajstić information content (AvgIpc) is 2.59. The molecule has 3 aromatic rings. The van der Waals surface area contributed by atoms with Crippen molar-refractivity contribution in [3.63, 3.8) is 0 Å². The first-order chi connectivity index (χ1) is 11.2. The third kappa shape index (κ3) is 3.09. The van der Waals surface area contributed by atoms with Crippen molar-refractivity contribution >= 4 is 11.0 Å². The molecule has 0 aliphatic heterocycles. The second kappa shape index (κ2) is 6.37. The smallest absolute Gasteiger partial charge is 0.336 e. The molecule has 2 aromatic carbocycles. The first kappa shape index (κ1) is 14.9. The lowest BCUT2D eigenvalue weighted by Crippen LogP contribution is -2.04. The van der Waals surface area contributed by atoms with Crippen molar-refractivity contribution in [3.05, 3.63) is 75.6 Å². The number of nitrogens with zero attached hydrogens (tertiary/aromatic N) is 1. The van der Waals surface area contributed by atoms with Gasteiger partial charge in [-0.3, -0.25) is 0 Å². The molecule has 0 aliphatic rings. The summed E-state index contributed by atoms with van der Waals surface area (Å²) in [4.78, 5) is 11.8. The van der Waals surface area contributed by atoms with Crippen LogP contribution in [0.3, 0.4) is 0 Å². The van der Waals surface area contributed by atoms with E-state index in [0.717, 1.165) is 22.9 Å². The lowest BCUT2D eigenvalue weighted by Gasteiger charge is -2.10. The number of aryl methyl sites for hydroxylation is 1. The molecule has 0 bridgehead atoms. The van der Waals surface area contributed by atoms with Gasteiger partial charge in [-0.25, -0.2) is 4.79 Å². The molecule has 0 unspecified atom stereocenters. The minimum atomic E-state index is -0.405. The highest BCUT2D eigenvalue weighted by atomic mass is 16.5. The van der Waals surface area contributed by atoms with Gasteiger partial charge in [-0.15, -0.1) is 0 Å². The van der Waals surface area contributed by atoms with Gasteiger partial charge in [-0.05, 0) is 30.2 Å². The Morgan fingerprint density at radius 2 is 2.00 bits per heavy atom. The Bertz CT molecular complexity index is 951. The van der Waals surface area contributed by atoms with Gasteiger partial charge in [0.1, 0.15) is 24.0 Å². The Morgan fingerprint density at radius 1 is 1.17 bits per heavy atom. The first-order valence-corrected chi connectivity index (χ1v) is 7.39. The van der Waals surface area contributed by atoms with E-state index in [4.69, 9.17) is 14.4 Å². The lowest BCUT2D eigenvalue weighted by atomic mass is 10.1. The standard InChI is InChI=1S/C19H15NO3/c1-2-13-7-8-16-15(10-19(21)23-18(16)9-13)12-22-17-6-4-3-5-14(17)11-20/h3-10H,2,12H2,1H3. The number of hydrogen-bond donors (Lipinski definition) is 0. The summed E-state index contributed by atoms with van der Waals surface area (Å²) in [6, 6.07) is 16.4. The Morgan fingerprint density at radius 3 is 2.78 bits per heavy atom. The number of nitriles is 1. The highest BCUT2D eigenvalue weighted by molar-refractivity contribution is 5.80. The van der Waals surface area contributed by atoms with Gasteiger partial charge in [0.2, 0.25) is 0 Å². The van der Waals surface area contributed by atoms with E-state index in [1.807, 2.05) is 25.1 Å².